The van der Waals surface area contributed by atoms with E-state index in [4.69, 9.17) is 5.21 Å². The van der Waals surface area contributed by atoms with Crippen molar-refractivity contribution in [3.63, 3.8) is 0 Å². The summed E-state index contributed by atoms with van der Waals surface area (Å²) in [5, 5.41) is 11.2. The number of halogens is 2. The fourth-order valence-electron chi connectivity index (χ4n) is 0.866. The smallest absolute Gasteiger partial charge is 0.266 e. The monoisotopic (exact) mass is 249 g/mol. The molecule has 15 heavy (non-hydrogen) atoms. The summed E-state index contributed by atoms with van der Waals surface area (Å²) in [6.07, 6.45) is 0.982. The lowest BCUT2D eigenvalue weighted by Gasteiger charge is -1.92. The van der Waals surface area contributed by atoms with Crippen molar-refractivity contribution in [1.29, 1.82) is 0 Å². The summed E-state index contributed by atoms with van der Waals surface area (Å²) in [6, 6.07) is 3.69. The molecule has 0 fully saturated rings. The largest absolute Gasteiger partial charge is 0.411 e. The molecule has 0 atom stereocenters. The summed E-state index contributed by atoms with van der Waals surface area (Å²) < 4.78 is 24.4. The average Bonchev–Trinajstić information content (AvgIpc) is 2.61. The van der Waals surface area contributed by atoms with Crippen LogP contribution in [0.1, 0.15) is 11.3 Å². The molecule has 0 aliphatic carbocycles. The van der Waals surface area contributed by atoms with Gasteiger partial charge in [0.05, 0.1) is 10.4 Å². The highest BCUT2D eigenvalue weighted by molar-refractivity contribution is 8.01. The zero-order valence-electron chi connectivity index (χ0n) is 7.69. The van der Waals surface area contributed by atoms with E-state index in [9.17, 15) is 8.78 Å². The maximum absolute atomic E-state index is 11.7. The van der Waals surface area contributed by atoms with Gasteiger partial charge in [0.25, 0.3) is 6.08 Å². The lowest BCUT2D eigenvalue weighted by Crippen LogP contribution is -1.73. The van der Waals surface area contributed by atoms with E-state index in [1.54, 1.807) is 0 Å². The summed E-state index contributed by atoms with van der Waals surface area (Å²) in [5.74, 6) is 0.619. The SMILES string of the molecule is O/N=C\c1ccc(SCCC=C(F)F)s1. The minimum Gasteiger partial charge on any atom is -0.411 e. The van der Waals surface area contributed by atoms with E-state index in [1.807, 2.05) is 12.1 Å². The normalized spacial score (nSPS) is 10.8. The standard InChI is InChI=1S/C9H9F2NOS2/c10-8(11)2-1-5-14-9-4-3-7(15-9)6-12-13/h2-4,6,13H,1,5H2/b12-6-. The highest BCUT2D eigenvalue weighted by Gasteiger charge is 1.98. The van der Waals surface area contributed by atoms with Gasteiger partial charge >= 0.3 is 0 Å². The molecule has 0 aliphatic rings. The molecule has 1 aromatic heterocycles. The van der Waals surface area contributed by atoms with Crippen LogP contribution in [0.4, 0.5) is 8.78 Å². The number of hydrogen-bond donors (Lipinski definition) is 1. The molecule has 0 saturated heterocycles. The molecule has 1 rings (SSSR count). The van der Waals surface area contributed by atoms with Gasteiger partial charge in [-0.15, -0.1) is 23.1 Å². The van der Waals surface area contributed by atoms with Gasteiger partial charge in [-0.25, -0.2) is 0 Å². The van der Waals surface area contributed by atoms with Gasteiger partial charge in [-0.3, -0.25) is 0 Å². The number of hydrogen-bond acceptors (Lipinski definition) is 4. The highest BCUT2D eigenvalue weighted by Crippen LogP contribution is 2.27. The van der Waals surface area contributed by atoms with Crippen molar-refractivity contribution < 1.29 is 14.0 Å². The third-order valence-corrected chi connectivity index (χ3v) is 3.73. The first-order valence-electron chi connectivity index (χ1n) is 4.13. The third kappa shape index (κ3) is 4.94. The molecule has 0 bridgehead atoms. The second-order valence-corrected chi connectivity index (χ2v) is 5.04. The van der Waals surface area contributed by atoms with Crippen LogP contribution in [-0.2, 0) is 0 Å². The van der Waals surface area contributed by atoms with Crippen LogP contribution >= 0.6 is 23.1 Å². The fraction of sp³-hybridized carbons (Fsp3) is 0.222. The summed E-state index contributed by atoms with van der Waals surface area (Å²) in [5.41, 5.74) is 0. The van der Waals surface area contributed by atoms with E-state index >= 15 is 0 Å². The topological polar surface area (TPSA) is 32.6 Å². The summed E-state index contributed by atoms with van der Waals surface area (Å²) in [6.45, 7) is 0. The van der Waals surface area contributed by atoms with Gasteiger partial charge in [0.1, 0.15) is 0 Å². The van der Waals surface area contributed by atoms with E-state index in [2.05, 4.69) is 5.16 Å². The maximum atomic E-state index is 11.7. The van der Waals surface area contributed by atoms with Crippen molar-refractivity contribution in [2.75, 3.05) is 5.75 Å². The molecule has 1 N–H and O–H groups in total. The lowest BCUT2D eigenvalue weighted by molar-refractivity contribution is 0.322. The van der Waals surface area contributed by atoms with E-state index in [0.717, 1.165) is 15.2 Å². The first-order chi connectivity index (χ1) is 7.22. The Balaban J connectivity index is 2.34. The van der Waals surface area contributed by atoms with Crippen LogP contribution in [0.3, 0.4) is 0 Å². The molecule has 82 valence electrons. The first-order valence-corrected chi connectivity index (χ1v) is 5.94. The van der Waals surface area contributed by atoms with Crippen molar-refractivity contribution in [2.24, 2.45) is 5.16 Å². The molecule has 0 saturated carbocycles. The van der Waals surface area contributed by atoms with Crippen molar-refractivity contribution in [1.82, 2.24) is 0 Å². The molecular weight excluding hydrogens is 240 g/mol. The number of oxime groups is 1. The number of rotatable bonds is 5. The van der Waals surface area contributed by atoms with Gasteiger partial charge < -0.3 is 5.21 Å². The van der Waals surface area contributed by atoms with Gasteiger partial charge in [-0.2, -0.15) is 8.78 Å². The van der Waals surface area contributed by atoms with E-state index in [0.29, 0.717) is 12.2 Å². The summed E-state index contributed by atoms with van der Waals surface area (Å²) >= 11 is 2.97. The zero-order chi connectivity index (χ0) is 11.1. The first kappa shape index (κ1) is 12.2. The molecule has 1 heterocycles. The molecule has 0 amide bonds. The summed E-state index contributed by atoms with van der Waals surface area (Å²) in [7, 11) is 0. The predicted octanol–water partition coefficient (Wildman–Crippen LogP) is 3.82. The minimum atomic E-state index is -1.63. The van der Waals surface area contributed by atoms with Crippen LogP contribution in [-0.4, -0.2) is 17.2 Å². The fourth-order valence-corrected chi connectivity index (χ4v) is 2.85. The molecule has 0 radical (unpaired) electrons. The van der Waals surface area contributed by atoms with Gasteiger partial charge in [-0.1, -0.05) is 5.16 Å². The molecule has 2 nitrogen and oxygen atoms in total. The van der Waals surface area contributed by atoms with Crippen molar-refractivity contribution in [3.05, 3.63) is 29.2 Å². The Morgan fingerprint density at radius 3 is 3.00 bits per heavy atom. The summed E-state index contributed by atoms with van der Waals surface area (Å²) in [4.78, 5) is 0.840. The van der Waals surface area contributed by atoms with E-state index in [1.165, 1.54) is 29.3 Å². The number of thiophene rings is 1. The Kier molecular flexibility index (Phi) is 5.34. The Hall–Kier alpha value is -0.880. The van der Waals surface area contributed by atoms with Crippen LogP contribution in [0, 0.1) is 0 Å². The van der Waals surface area contributed by atoms with Crippen LogP contribution < -0.4 is 0 Å². The van der Waals surface area contributed by atoms with Crippen molar-refractivity contribution >= 4 is 29.3 Å². The number of nitrogens with zero attached hydrogens (tertiary/aromatic N) is 1. The van der Waals surface area contributed by atoms with Gasteiger partial charge in [0.15, 0.2) is 0 Å². The van der Waals surface area contributed by atoms with Crippen LogP contribution in [0.25, 0.3) is 0 Å². The zero-order valence-corrected chi connectivity index (χ0v) is 9.32. The third-order valence-electron chi connectivity index (χ3n) is 1.45. The van der Waals surface area contributed by atoms with E-state index < -0.39 is 6.08 Å². The predicted molar refractivity (Wildman–Crippen MR) is 59.3 cm³/mol. The average molecular weight is 249 g/mol. The van der Waals surface area contributed by atoms with Gasteiger partial charge in [-0.05, 0) is 24.6 Å². The van der Waals surface area contributed by atoms with Crippen molar-refractivity contribution in [2.45, 2.75) is 10.6 Å². The molecule has 6 heteroatoms. The molecular formula is C9H9F2NOS2. The minimum absolute atomic E-state index is 0.355. The van der Waals surface area contributed by atoms with Crippen LogP contribution in [0.2, 0.25) is 0 Å². The van der Waals surface area contributed by atoms with E-state index in [-0.39, 0.29) is 0 Å². The van der Waals surface area contributed by atoms with Gasteiger partial charge in [0, 0.05) is 10.6 Å². The Labute approximate surface area is 94.3 Å². The molecule has 1 aromatic rings. The quantitative estimate of drug-likeness (QED) is 0.283. The Bertz CT molecular complexity index is 359. The Morgan fingerprint density at radius 2 is 2.33 bits per heavy atom. The molecule has 0 unspecified atom stereocenters. The molecule has 0 spiro atoms. The van der Waals surface area contributed by atoms with Crippen LogP contribution in [0.15, 0.2) is 33.7 Å². The number of thioether (sulfide) groups is 1. The second kappa shape index (κ2) is 6.58. The second-order valence-electron chi connectivity index (χ2n) is 2.53. The molecule has 0 aliphatic heterocycles. The Morgan fingerprint density at radius 1 is 1.53 bits per heavy atom. The highest BCUT2D eigenvalue weighted by atomic mass is 32.2. The van der Waals surface area contributed by atoms with Crippen molar-refractivity contribution in [3.8, 4) is 0 Å². The maximum Gasteiger partial charge on any atom is 0.266 e. The van der Waals surface area contributed by atoms with Gasteiger partial charge in [0.2, 0.25) is 0 Å². The van der Waals surface area contributed by atoms with Crippen LogP contribution in [0.5, 0.6) is 0 Å². The lowest BCUT2D eigenvalue weighted by atomic mass is 10.5. The number of allylic oxidation sites excluding steroid dienone is 1. The molecule has 0 aromatic carbocycles.